The molecule has 1 unspecified atom stereocenters. The Morgan fingerprint density at radius 1 is 1.44 bits per heavy atom. The molecular formula is C14H21BrClNO. The lowest BCUT2D eigenvalue weighted by atomic mass is 10.0. The van der Waals surface area contributed by atoms with Gasteiger partial charge in [-0.25, -0.2) is 0 Å². The van der Waals surface area contributed by atoms with Crippen molar-refractivity contribution in [1.82, 2.24) is 5.32 Å². The molecule has 1 aliphatic heterocycles. The number of ether oxygens (including phenoxy) is 1. The van der Waals surface area contributed by atoms with E-state index in [0.29, 0.717) is 11.8 Å². The Morgan fingerprint density at radius 3 is 2.83 bits per heavy atom. The third-order valence-electron chi connectivity index (χ3n) is 3.23. The average molecular weight is 335 g/mol. The van der Waals surface area contributed by atoms with Crippen molar-refractivity contribution in [3.63, 3.8) is 0 Å². The van der Waals surface area contributed by atoms with Crippen molar-refractivity contribution in [2.45, 2.75) is 26.2 Å². The minimum atomic E-state index is 0. The zero-order valence-corrected chi connectivity index (χ0v) is 13.3. The predicted molar refractivity (Wildman–Crippen MR) is 82.0 cm³/mol. The van der Waals surface area contributed by atoms with Gasteiger partial charge in [0.05, 0.1) is 6.61 Å². The third kappa shape index (κ3) is 4.15. The molecule has 1 atom stereocenters. The Bertz CT molecular complexity index is 378. The van der Waals surface area contributed by atoms with Gasteiger partial charge in [0.25, 0.3) is 0 Å². The van der Waals surface area contributed by atoms with Gasteiger partial charge in [0.1, 0.15) is 5.75 Å². The zero-order chi connectivity index (χ0) is 12.3. The van der Waals surface area contributed by atoms with Crippen molar-refractivity contribution < 1.29 is 4.74 Å². The van der Waals surface area contributed by atoms with Crippen molar-refractivity contribution in [2.75, 3.05) is 19.7 Å². The number of hydrogen-bond acceptors (Lipinski definition) is 2. The highest BCUT2D eigenvalue weighted by Gasteiger charge is 2.16. The quantitative estimate of drug-likeness (QED) is 0.899. The fourth-order valence-corrected chi connectivity index (χ4v) is 2.55. The number of hydrogen-bond donors (Lipinski definition) is 1. The molecule has 0 spiro atoms. The largest absolute Gasteiger partial charge is 0.493 e. The highest BCUT2D eigenvalue weighted by Crippen LogP contribution is 2.30. The van der Waals surface area contributed by atoms with Crippen molar-refractivity contribution >= 4 is 28.3 Å². The molecule has 0 aliphatic carbocycles. The Hall–Kier alpha value is -0.250. The molecule has 0 bridgehead atoms. The first-order chi connectivity index (χ1) is 8.16. The fraction of sp³-hybridized carbons (Fsp3) is 0.571. The van der Waals surface area contributed by atoms with Crippen molar-refractivity contribution in [2.24, 2.45) is 5.92 Å². The maximum atomic E-state index is 5.98. The van der Waals surface area contributed by atoms with E-state index in [1.54, 1.807) is 0 Å². The maximum Gasteiger partial charge on any atom is 0.122 e. The SMILES string of the molecule is CC(C)c1cc(Br)ccc1OCC1CCNC1.Cl. The lowest BCUT2D eigenvalue weighted by Crippen LogP contribution is -2.16. The van der Waals surface area contributed by atoms with Gasteiger partial charge in [0.15, 0.2) is 0 Å². The van der Waals surface area contributed by atoms with Crippen molar-refractivity contribution in [3.05, 3.63) is 28.2 Å². The van der Waals surface area contributed by atoms with Crippen molar-refractivity contribution in [1.29, 1.82) is 0 Å². The molecule has 1 aromatic rings. The molecule has 1 N–H and O–H groups in total. The summed E-state index contributed by atoms with van der Waals surface area (Å²) in [6.45, 7) is 7.45. The highest BCUT2D eigenvalue weighted by molar-refractivity contribution is 9.10. The molecule has 1 saturated heterocycles. The van der Waals surface area contributed by atoms with Crippen LogP contribution in [-0.2, 0) is 0 Å². The summed E-state index contributed by atoms with van der Waals surface area (Å²) in [4.78, 5) is 0. The Balaban J connectivity index is 0.00000162. The number of rotatable bonds is 4. The van der Waals surface area contributed by atoms with Crippen molar-refractivity contribution in [3.8, 4) is 5.75 Å². The Kier molecular flexibility index (Phi) is 6.47. The zero-order valence-electron chi connectivity index (χ0n) is 10.9. The normalized spacial score (nSPS) is 18.8. The van der Waals surface area contributed by atoms with Gasteiger partial charge in [0.2, 0.25) is 0 Å². The highest BCUT2D eigenvalue weighted by atomic mass is 79.9. The summed E-state index contributed by atoms with van der Waals surface area (Å²) in [7, 11) is 0. The van der Waals surface area contributed by atoms with Crippen LogP contribution in [0.4, 0.5) is 0 Å². The molecular weight excluding hydrogens is 314 g/mol. The van der Waals surface area contributed by atoms with Crippen LogP contribution in [0, 0.1) is 5.92 Å². The molecule has 0 amide bonds. The smallest absolute Gasteiger partial charge is 0.122 e. The van der Waals surface area contributed by atoms with E-state index in [1.807, 2.05) is 6.07 Å². The Morgan fingerprint density at radius 2 is 2.22 bits per heavy atom. The first-order valence-electron chi connectivity index (χ1n) is 6.30. The molecule has 102 valence electrons. The van der Waals surface area contributed by atoms with Crippen LogP contribution < -0.4 is 10.1 Å². The average Bonchev–Trinajstić information content (AvgIpc) is 2.80. The summed E-state index contributed by atoms with van der Waals surface area (Å²) >= 11 is 3.52. The Labute approximate surface area is 124 Å². The van der Waals surface area contributed by atoms with Gasteiger partial charge >= 0.3 is 0 Å². The molecule has 1 fully saturated rings. The van der Waals surface area contributed by atoms with E-state index in [0.717, 1.165) is 29.9 Å². The molecule has 4 heteroatoms. The number of benzene rings is 1. The van der Waals surface area contributed by atoms with Gasteiger partial charge in [-0.15, -0.1) is 12.4 Å². The number of halogens is 2. The van der Waals surface area contributed by atoms with E-state index in [4.69, 9.17) is 4.74 Å². The molecule has 0 radical (unpaired) electrons. The van der Waals surface area contributed by atoms with Crippen LogP contribution in [0.15, 0.2) is 22.7 Å². The minimum absolute atomic E-state index is 0. The summed E-state index contributed by atoms with van der Waals surface area (Å²) in [5.41, 5.74) is 1.28. The summed E-state index contributed by atoms with van der Waals surface area (Å²) in [6, 6.07) is 6.28. The maximum absolute atomic E-state index is 5.98. The summed E-state index contributed by atoms with van der Waals surface area (Å²) in [6.07, 6.45) is 1.23. The lowest BCUT2D eigenvalue weighted by Gasteiger charge is -2.16. The fourth-order valence-electron chi connectivity index (χ4n) is 2.17. The second kappa shape index (κ2) is 7.37. The van der Waals surface area contributed by atoms with E-state index < -0.39 is 0 Å². The van der Waals surface area contributed by atoms with Crippen LogP contribution in [0.25, 0.3) is 0 Å². The van der Waals surface area contributed by atoms with E-state index in [9.17, 15) is 0 Å². The summed E-state index contributed by atoms with van der Waals surface area (Å²) < 4.78 is 7.10. The molecule has 1 aromatic carbocycles. The minimum Gasteiger partial charge on any atom is -0.493 e. The van der Waals surface area contributed by atoms with Crippen LogP contribution in [0.3, 0.4) is 0 Å². The lowest BCUT2D eigenvalue weighted by molar-refractivity contribution is 0.257. The van der Waals surface area contributed by atoms with Gasteiger partial charge in [0, 0.05) is 16.9 Å². The van der Waals surface area contributed by atoms with E-state index >= 15 is 0 Å². The first kappa shape index (κ1) is 15.8. The third-order valence-corrected chi connectivity index (χ3v) is 3.72. The van der Waals surface area contributed by atoms with Crippen LogP contribution in [0.2, 0.25) is 0 Å². The van der Waals surface area contributed by atoms with Gasteiger partial charge in [-0.2, -0.15) is 0 Å². The molecule has 0 aromatic heterocycles. The molecule has 0 saturated carbocycles. The van der Waals surface area contributed by atoms with Gasteiger partial charge in [-0.1, -0.05) is 29.8 Å². The standard InChI is InChI=1S/C14H20BrNO.ClH/c1-10(2)13-7-12(15)3-4-14(13)17-9-11-5-6-16-8-11;/h3-4,7,10-11,16H,5-6,8-9H2,1-2H3;1H. The van der Waals surface area contributed by atoms with E-state index in [1.165, 1.54) is 12.0 Å². The summed E-state index contributed by atoms with van der Waals surface area (Å²) in [5.74, 6) is 2.19. The molecule has 1 aliphatic rings. The van der Waals surface area contributed by atoms with Gasteiger partial charge < -0.3 is 10.1 Å². The van der Waals surface area contributed by atoms with Gasteiger partial charge in [-0.3, -0.25) is 0 Å². The monoisotopic (exact) mass is 333 g/mol. The molecule has 18 heavy (non-hydrogen) atoms. The topological polar surface area (TPSA) is 21.3 Å². The van der Waals surface area contributed by atoms with E-state index in [-0.39, 0.29) is 12.4 Å². The van der Waals surface area contributed by atoms with Crippen LogP contribution >= 0.6 is 28.3 Å². The van der Waals surface area contributed by atoms with Crippen LogP contribution in [0.1, 0.15) is 31.7 Å². The second-order valence-corrected chi connectivity index (χ2v) is 5.92. The predicted octanol–water partition coefficient (Wildman–Crippen LogP) is 3.98. The first-order valence-corrected chi connectivity index (χ1v) is 7.09. The molecule has 1 heterocycles. The molecule has 2 nitrogen and oxygen atoms in total. The molecule has 2 rings (SSSR count). The second-order valence-electron chi connectivity index (χ2n) is 5.01. The van der Waals surface area contributed by atoms with Crippen LogP contribution in [-0.4, -0.2) is 19.7 Å². The number of nitrogens with one attached hydrogen (secondary N) is 1. The summed E-state index contributed by atoms with van der Waals surface area (Å²) in [5, 5.41) is 3.37. The van der Waals surface area contributed by atoms with E-state index in [2.05, 4.69) is 47.2 Å². The van der Waals surface area contributed by atoms with Crippen LogP contribution in [0.5, 0.6) is 5.75 Å². The van der Waals surface area contributed by atoms with Gasteiger partial charge in [-0.05, 0) is 42.6 Å².